The monoisotopic (exact) mass is 216 g/mol. The van der Waals surface area contributed by atoms with E-state index in [-0.39, 0.29) is 5.50 Å². The summed E-state index contributed by atoms with van der Waals surface area (Å²) >= 11 is 1.84. The van der Waals surface area contributed by atoms with Gasteiger partial charge in [-0.2, -0.15) is 0 Å². The van der Waals surface area contributed by atoms with E-state index >= 15 is 0 Å². The predicted octanol–water partition coefficient (Wildman–Crippen LogP) is 0.966. The first-order valence-electron chi connectivity index (χ1n) is 5.12. The van der Waals surface area contributed by atoms with Crippen LogP contribution in [0.2, 0.25) is 0 Å². The van der Waals surface area contributed by atoms with Crippen LogP contribution in [-0.2, 0) is 4.74 Å². The maximum absolute atomic E-state index is 9.51. The van der Waals surface area contributed by atoms with Crippen LogP contribution in [0.5, 0.6) is 0 Å². The lowest BCUT2D eigenvalue weighted by molar-refractivity contribution is -0.00664. The molecular formula is C9H22B2O2S. The highest BCUT2D eigenvalue weighted by Gasteiger charge is 2.21. The molecule has 0 heterocycles. The predicted molar refractivity (Wildman–Crippen MR) is 68.8 cm³/mol. The average Bonchev–Trinajstić information content (AvgIpc) is 1.98. The molecule has 82 valence electrons. The zero-order chi connectivity index (χ0) is 11.2. The first kappa shape index (κ1) is 14.4. The van der Waals surface area contributed by atoms with Crippen LogP contribution < -0.4 is 0 Å². The SMILES string of the molecule is CSBBC(C)(C)OCCC(C)(C)O. The van der Waals surface area contributed by atoms with Crippen LogP contribution in [0.3, 0.4) is 0 Å². The molecule has 0 saturated carbocycles. The molecule has 0 saturated heterocycles. The van der Waals surface area contributed by atoms with Gasteiger partial charge in [0, 0.05) is 12.1 Å². The third kappa shape index (κ3) is 8.97. The third-order valence-electron chi connectivity index (χ3n) is 2.11. The van der Waals surface area contributed by atoms with Crippen LogP contribution in [0, 0.1) is 0 Å². The van der Waals surface area contributed by atoms with Gasteiger partial charge in [-0.25, -0.2) is 11.6 Å². The van der Waals surface area contributed by atoms with Gasteiger partial charge in [0.2, 0.25) is 0 Å². The van der Waals surface area contributed by atoms with Gasteiger partial charge in [-0.15, -0.1) is 0 Å². The molecule has 0 amide bonds. The van der Waals surface area contributed by atoms with Crippen molar-refractivity contribution < 1.29 is 9.84 Å². The number of hydrogen-bond acceptors (Lipinski definition) is 3. The summed E-state index contributed by atoms with van der Waals surface area (Å²) in [5.74, 6) is 0. The first-order valence-corrected chi connectivity index (χ1v) is 6.51. The molecule has 14 heavy (non-hydrogen) atoms. The highest BCUT2D eigenvalue weighted by molar-refractivity contribution is 8.26. The Morgan fingerprint density at radius 3 is 2.29 bits per heavy atom. The Morgan fingerprint density at radius 1 is 1.29 bits per heavy atom. The summed E-state index contributed by atoms with van der Waals surface area (Å²) in [4.78, 5) is 0. The van der Waals surface area contributed by atoms with Crippen molar-refractivity contribution in [3.63, 3.8) is 0 Å². The average molecular weight is 216 g/mol. The van der Waals surface area contributed by atoms with Gasteiger partial charge in [0.25, 0.3) is 0 Å². The molecule has 0 aliphatic heterocycles. The van der Waals surface area contributed by atoms with Crippen molar-refractivity contribution >= 4 is 25.2 Å². The first-order chi connectivity index (χ1) is 6.27. The zero-order valence-corrected chi connectivity index (χ0v) is 10.9. The summed E-state index contributed by atoms with van der Waals surface area (Å²) in [5.41, 5.74) is -0.677. The number of aliphatic hydroxyl groups is 1. The van der Waals surface area contributed by atoms with Gasteiger partial charge < -0.3 is 9.84 Å². The van der Waals surface area contributed by atoms with E-state index in [1.165, 1.54) is 0 Å². The molecule has 0 atom stereocenters. The van der Waals surface area contributed by atoms with Crippen LogP contribution in [0.25, 0.3) is 0 Å². The number of ether oxygens (including phenoxy) is 1. The second-order valence-corrected chi connectivity index (χ2v) is 5.90. The molecule has 0 rings (SSSR count). The molecule has 0 spiro atoms. The molecule has 0 aliphatic rings. The second kappa shape index (κ2) is 6.09. The smallest absolute Gasteiger partial charge is 0.159 e. The lowest BCUT2D eigenvalue weighted by Crippen LogP contribution is -2.36. The molecule has 1 N–H and O–H groups in total. The Balaban J connectivity index is 3.65. The lowest BCUT2D eigenvalue weighted by atomic mass is 9.44. The number of rotatable bonds is 7. The highest BCUT2D eigenvalue weighted by Crippen LogP contribution is 2.12. The summed E-state index contributed by atoms with van der Waals surface area (Å²) in [6.07, 6.45) is 3.91. The fourth-order valence-corrected chi connectivity index (χ4v) is 1.69. The summed E-state index contributed by atoms with van der Waals surface area (Å²) in [6.45, 7) is 8.46. The van der Waals surface area contributed by atoms with Crippen molar-refractivity contribution in [3.05, 3.63) is 0 Å². The maximum Gasteiger partial charge on any atom is 0.159 e. The molecule has 0 aromatic heterocycles. The van der Waals surface area contributed by atoms with E-state index in [4.69, 9.17) is 4.74 Å². The molecule has 0 radical (unpaired) electrons. The minimum absolute atomic E-state index is 0.0612. The molecule has 2 nitrogen and oxygen atoms in total. The second-order valence-electron chi connectivity index (χ2n) is 4.91. The molecule has 0 aromatic carbocycles. The standard InChI is InChI=1S/C9H22B2O2S/c1-8(2,12)6-7-13-9(3,4)10-11-14-5/h10-12H,6-7H2,1-5H3. The summed E-state index contributed by atoms with van der Waals surface area (Å²) in [5, 5.41) is 9.51. The quantitative estimate of drug-likeness (QED) is 0.642. The van der Waals surface area contributed by atoms with E-state index in [1.54, 1.807) is 0 Å². The van der Waals surface area contributed by atoms with Crippen molar-refractivity contribution in [2.45, 2.75) is 45.2 Å². The minimum Gasteiger partial charge on any atom is -0.390 e. The summed E-state index contributed by atoms with van der Waals surface area (Å²) in [7, 11) is 1.06. The largest absolute Gasteiger partial charge is 0.390 e. The van der Waals surface area contributed by atoms with Crippen LogP contribution in [0.4, 0.5) is 0 Å². The molecule has 0 unspecified atom stereocenters. The van der Waals surface area contributed by atoms with Gasteiger partial charge in [0.1, 0.15) is 7.17 Å². The third-order valence-corrected chi connectivity index (χ3v) is 2.73. The van der Waals surface area contributed by atoms with Gasteiger partial charge >= 0.3 is 0 Å². The highest BCUT2D eigenvalue weighted by atomic mass is 32.2. The molecule has 5 heteroatoms. The van der Waals surface area contributed by atoms with Gasteiger partial charge in [-0.3, -0.25) is 0 Å². The van der Waals surface area contributed by atoms with E-state index in [2.05, 4.69) is 20.1 Å². The fraction of sp³-hybridized carbons (Fsp3) is 1.00. The van der Waals surface area contributed by atoms with E-state index in [0.29, 0.717) is 13.0 Å². The summed E-state index contributed by atoms with van der Waals surface area (Å²) < 4.78 is 5.73. The number of hydrogen-bond donors (Lipinski definition) is 1. The van der Waals surface area contributed by atoms with Crippen LogP contribution >= 0.6 is 11.6 Å². The molecule has 0 aliphatic carbocycles. The van der Waals surface area contributed by atoms with Crippen molar-refractivity contribution in [2.24, 2.45) is 0 Å². The Labute approximate surface area is 93.5 Å². The van der Waals surface area contributed by atoms with Crippen LogP contribution in [0.15, 0.2) is 0 Å². The maximum atomic E-state index is 9.51. The topological polar surface area (TPSA) is 29.5 Å². The van der Waals surface area contributed by atoms with Gasteiger partial charge in [-0.1, -0.05) is 0 Å². The van der Waals surface area contributed by atoms with E-state index in [1.807, 2.05) is 25.5 Å². The molecule has 0 fully saturated rings. The van der Waals surface area contributed by atoms with Crippen molar-refractivity contribution in [1.82, 2.24) is 0 Å². The van der Waals surface area contributed by atoms with E-state index in [0.717, 1.165) is 13.6 Å². The Hall–Kier alpha value is 0.400. The molecular weight excluding hydrogens is 194 g/mol. The van der Waals surface area contributed by atoms with E-state index in [9.17, 15) is 5.11 Å². The van der Waals surface area contributed by atoms with Gasteiger partial charge in [0.05, 0.1) is 5.60 Å². The minimum atomic E-state index is -0.615. The zero-order valence-electron chi connectivity index (χ0n) is 10.1. The van der Waals surface area contributed by atoms with Gasteiger partial charge in [0.15, 0.2) is 6.45 Å². The lowest BCUT2D eigenvalue weighted by Gasteiger charge is -2.26. The van der Waals surface area contributed by atoms with Crippen molar-refractivity contribution in [3.8, 4) is 0 Å². The summed E-state index contributed by atoms with van der Waals surface area (Å²) in [6, 6.07) is 0. The normalized spacial score (nSPS) is 12.7. The van der Waals surface area contributed by atoms with Crippen molar-refractivity contribution in [1.29, 1.82) is 0 Å². The molecule has 0 aromatic rings. The van der Waals surface area contributed by atoms with Gasteiger partial charge in [-0.05, 0) is 40.4 Å². The fourth-order valence-electron chi connectivity index (χ4n) is 0.997. The van der Waals surface area contributed by atoms with E-state index < -0.39 is 5.60 Å². The van der Waals surface area contributed by atoms with Crippen molar-refractivity contribution in [2.75, 3.05) is 12.9 Å². The Morgan fingerprint density at radius 2 is 1.86 bits per heavy atom. The Kier molecular flexibility index (Phi) is 6.26. The van der Waals surface area contributed by atoms with Crippen LogP contribution in [-0.4, -0.2) is 42.7 Å². The Bertz CT molecular complexity index is 157. The van der Waals surface area contributed by atoms with Crippen LogP contribution in [0.1, 0.15) is 34.1 Å². The molecule has 0 bridgehead atoms.